The molecule has 0 saturated carbocycles. The lowest BCUT2D eigenvalue weighted by atomic mass is 9.84. The summed E-state index contributed by atoms with van der Waals surface area (Å²) in [6.07, 6.45) is 3.67. The molecular weight excluding hydrogens is 288 g/mol. The minimum absolute atomic E-state index is 0.659. The molecule has 3 heteroatoms. The fourth-order valence-electron chi connectivity index (χ4n) is 3.70. The molecule has 0 unspecified atom stereocenters. The predicted molar refractivity (Wildman–Crippen MR) is 96.8 cm³/mol. The second-order valence-corrected chi connectivity index (χ2v) is 8.34. The van der Waals surface area contributed by atoms with Crippen LogP contribution in [0.15, 0.2) is 18.2 Å². The van der Waals surface area contributed by atoms with E-state index in [0.717, 1.165) is 12.3 Å². The van der Waals surface area contributed by atoms with Crippen LogP contribution in [0, 0.1) is 11.8 Å². The van der Waals surface area contributed by atoms with Gasteiger partial charge in [0.15, 0.2) is 0 Å². The van der Waals surface area contributed by atoms with E-state index in [1.165, 1.54) is 46.7 Å². The molecule has 0 spiro atoms. The molecular formula is C19H28N2S. The largest absolute Gasteiger partial charge is 0.306 e. The summed E-state index contributed by atoms with van der Waals surface area (Å²) in [5.41, 5.74) is 2.65. The molecule has 0 amide bonds. The summed E-state index contributed by atoms with van der Waals surface area (Å²) in [7, 11) is 2.25. The summed E-state index contributed by atoms with van der Waals surface area (Å²) < 4.78 is 1.38. The number of hydrogen-bond donors (Lipinski definition) is 0. The third-order valence-corrected chi connectivity index (χ3v) is 6.04. The lowest BCUT2D eigenvalue weighted by Gasteiger charge is -2.35. The first-order valence-corrected chi connectivity index (χ1v) is 9.46. The van der Waals surface area contributed by atoms with Crippen LogP contribution in [0.1, 0.15) is 50.1 Å². The van der Waals surface area contributed by atoms with Crippen molar-refractivity contribution in [1.82, 2.24) is 9.88 Å². The average molecular weight is 317 g/mol. The standard InChI is InChI=1S/C19H28N2S/c1-5-15-12-21(4)9-8-16(15)19-20-17-7-6-14(10-13(2)3)11-18(17)22-19/h6-7,11,13,15-16H,5,8-10,12H2,1-4H3/t15-,16-/m0/s1. The first kappa shape index (κ1) is 15.9. The number of rotatable bonds is 4. The number of hydrogen-bond acceptors (Lipinski definition) is 3. The SMILES string of the molecule is CC[C@H]1CN(C)CC[C@@H]1c1nc2ccc(CC(C)C)cc2s1. The van der Waals surface area contributed by atoms with Gasteiger partial charge in [0.2, 0.25) is 0 Å². The van der Waals surface area contributed by atoms with Crippen LogP contribution >= 0.6 is 11.3 Å². The fourth-order valence-corrected chi connectivity index (χ4v) is 4.96. The number of benzene rings is 1. The molecule has 2 aromatic rings. The minimum atomic E-state index is 0.659. The number of piperidine rings is 1. The molecule has 0 radical (unpaired) electrons. The smallest absolute Gasteiger partial charge is 0.0973 e. The number of thiazole rings is 1. The van der Waals surface area contributed by atoms with Crippen molar-refractivity contribution < 1.29 is 0 Å². The van der Waals surface area contributed by atoms with Crippen molar-refractivity contribution in [3.63, 3.8) is 0 Å². The number of likely N-dealkylation sites (tertiary alicyclic amines) is 1. The number of fused-ring (bicyclic) bond motifs is 1. The maximum atomic E-state index is 4.98. The van der Waals surface area contributed by atoms with Crippen LogP contribution in [-0.2, 0) is 6.42 Å². The second kappa shape index (κ2) is 6.67. The molecule has 0 N–H and O–H groups in total. The van der Waals surface area contributed by atoms with E-state index in [1.54, 1.807) is 0 Å². The van der Waals surface area contributed by atoms with E-state index >= 15 is 0 Å². The molecule has 3 rings (SSSR count). The summed E-state index contributed by atoms with van der Waals surface area (Å²) in [5.74, 6) is 2.13. The molecule has 1 aromatic carbocycles. The Morgan fingerprint density at radius 1 is 1.36 bits per heavy atom. The van der Waals surface area contributed by atoms with Crippen molar-refractivity contribution in [3.05, 3.63) is 28.8 Å². The van der Waals surface area contributed by atoms with Crippen molar-refractivity contribution in [1.29, 1.82) is 0 Å². The number of aromatic nitrogens is 1. The van der Waals surface area contributed by atoms with E-state index < -0.39 is 0 Å². The van der Waals surface area contributed by atoms with E-state index in [-0.39, 0.29) is 0 Å². The Morgan fingerprint density at radius 3 is 2.91 bits per heavy atom. The Morgan fingerprint density at radius 2 is 2.18 bits per heavy atom. The van der Waals surface area contributed by atoms with E-state index in [9.17, 15) is 0 Å². The molecule has 2 nitrogen and oxygen atoms in total. The highest BCUT2D eigenvalue weighted by Crippen LogP contribution is 2.38. The zero-order chi connectivity index (χ0) is 15.7. The maximum absolute atomic E-state index is 4.98. The molecule has 1 saturated heterocycles. The minimum Gasteiger partial charge on any atom is -0.306 e. The quantitative estimate of drug-likeness (QED) is 0.794. The van der Waals surface area contributed by atoms with Gasteiger partial charge < -0.3 is 4.90 Å². The van der Waals surface area contributed by atoms with Gasteiger partial charge in [-0.05, 0) is 56.0 Å². The molecule has 120 valence electrons. The highest BCUT2D eigenvalue weighted by atomic mass is 32.1. The van der Waals surface area contributed by atoms with Crippen molar-refractivity contribution in [2.24, 2.45) is 11.8 Å². The van der Waals surface area contributed by atoms with Crippen LogP contribution in [-0.4, -0.2) is 30.0 Å². The van der Waals surface area contributed by atoms with Gasteiger partial charge >= 0.3 is 0 Å². The molecule has 1 aliphatic rings. The maximum Gasteiger partial charge on any atom is 0.0973 e. The Labute approximate surface area is 138 Å². The van der Waals surface area contributed by atoms with E-state index in [0.29, 0.717) is 11.8 Å². The van der Waals surface area contributed by atoms with Crippen LogP contribution in [0.25, 0.3) is 10.2 Å². The molecule has 1 aromatic heterocycles. The first-order valence-electron chi connectivity index (χ1n) is 8.64. The zero-order valence-electron chi connectivity index (χ0n) is 14.3. The van der Waals surface area contributed by atoms with E-state index in [2.05, 4.69) is 50.9 Å². The van der Waals surface area contributed by atoms with Gasteiger partial charge in [-0.1, -0.05) is 33.3 Å². The van der Waals surface area contributed by atoms with E-state index in [4.69, 9.17) is 4.98 Å². The summed E-state index contributed by atoms with van der Waals surface area (Å²) in [6.45, 7) is 9.32. The van der Waals surface area contributed by atoms with Crippen molar-refractivity contribution in [2.45, 2.75) is 46.0 Å². The van der Waals surface area contributed by atoms with Gasteiger partial charge in [-0.2, -0.15) is 0 Å². The monoisotopic (exact) mass is 316 g/mol. The molecule has 22 heavy (non-hydrogen) atoms. The van der Waals surface area contributed by atoms with Crippen LogP contribution in [0.2, 0.25) is 0 Å². The topological polar surface area (TPSA) is 16.1 Å². The molecule has 1 fully saturated rings. The highest BCUT2D eigenvalue weighted by Gasteiger charge is 2.29. The van der Waals surface area contributed by atoms with Crippen molar-refractivity contribution in [2.75, 3.05) is 20.1 Å². The molecule has 0 aliphatic carbocycles. The average Bonchev–Trinajstić information content (AvgIpc) is 2.89. The third-order valence-electron chi connectivity index (χ3n) is 4.89. The van der Waals surface area contributed by atoms with Gasteiger partial charge in [-0.3, -0.25) is 0 Å². The van der Waals surface area contributed by atoms with Gasteiger partial charge in [0, 0.05) is 12.5 Å². The normalized spacial score (nSPS) is 23.5. The molecule has 2 atom stereocenters. The Balaban J connectivity index is 1.87. The second-order valence-electron chi connectivity index (χ2n) is 7.28. The van der Waals surface area contributed by atoms with Crippen LogP contribution in [0.4, 0.5) is 0 Å². The zero-order valence-corrected chi connectivity index (χ0v) is 15.1. The Bertz CT molecular complexity index is 631. The lowest BCUT2D eigenvalue weighted by Crippen LogP contribution is -2.36. The third kappa shape index (κ3) is 3.36. The van der Waals surface area contributed by atoms with Gasteiger partial charge in [-0.15, -0.1) is 11.3 Å². The molecule has 0 bridgehead atoms. The van der Waals surface area contributed by atoms with E-state index in [1.807, 2.05) is 11.3 Å². The Kier molecular flexibility index (Phi) is 4.84. The molecule has 2 heterocycles. The predicted octanol–water partition coefficient (Wildman–Crippen LogP) is 4.94. The van der Waals surface area contributed by atoms with Crippen molar-refractivity contribution in [3.8, 4) is 0 Å². The van der Waals surface area contributed by atoms with Gasteiger partial charge in [0.05, 0.1) is 15.2 Å². The van der Waals surface area contributed by atoms with Gasteiger partial charge in [0.25, 0.3) is 0 Å². The van der Waals surface area contributed by atoms with Crippen molar-refractivity contribution >= 4 is 21.6 Å². The summed E-state index contributed by atoms with van der Waals surface area (Å²) in [5, 5.41) is 1.37. The van der Waals surface area contributed by atoms with Crippen LogP contribution in [0.3, 0.4) is 0 Å². The van der Waals surface area contributed by atoms with Gasteiger partial charge in [-0.25, -0.2) is 4.98 Å². The lowest BCUT2D eigenvalue weighted by molar-refractivity contribution is 0.180. The summed E-state index contributed by atoms with van der Waals surface area (Å²) in [6, 6.07) is 6.85. The van der Waals surface area contributed by atoms with Gasteiger partial charge in [0.1, 0.15) is 0 Å². The number of nitrogens with zero attached hydrogens (tertiary/aromatic N) is 2. The fraction of sp³-hybridized carbons (Fsp3) is 0.632. The first-order chi connectivity index (χ1) is 10.6. The summed E-state index contributed by atoms with van der Waals surface area (Å²) >= 11 is 1.94. The van der Waals surface area contributed by atoms with Crippen LogP contribution < -0.4 is 0 Å². The highest BCUT2D eigenvalue weighted by molar-refractivity contribution is 7.18. The van der Waals surface area contributed by atoms with Crippen LogP contribution in [0.5, 0.6) is 0 Å². The molecule has 1 aliphatic heterocycles. The summed E-state index contributed by atoms with van der Waals surface area (Å²) in [4.78, 5) is 7.45. The Hall–Kier alpha value is -0.930.